The summed E-state index contributed by atoms with van der Waals surface area (Å²) in [5, 5.41) is 16.0. The number of benzene rings is 1. The molecule has 0 saturated carbocycles. The van der Waals surface area contributed by atoms with Gasteiger partial charge in [-0.15, -0.1) is 0 Å². The summed E-state index contributed by atoms with van der Waals surface area (Å²) < 4.78 is 0. The van der Waals surface area contributed by atoms with E-state index < -0.39 is 5.60 Å². The molecule has 0 aliphatic carbocycles. The number of carbonyl (C=O) groups is 1. The van der Waals surface area contributed by atoms with Crippen molar-refractivity contribution < 1.29 is 9.90 Å². The van der Waals surface area contributed by atoms with Crippen LogP contribution in [0, 0.1) is 0 Å². The van der Waals surface area contributed by atoms with Gasteiger partial charge in [0.05, 0.1) is 11.6 Å². The highest BCUT2D eigenvalue weighted by Crippen LogP contribution is 2.17. The van der Waals surface area contributed by atoms with Crippen LogP contribution in [0.15, 0.2) is 24.3 Å². The number of nitrogens with one attached hydrogen (secondary N) is 2. The zero-order valence-corrected chi connectivity index (χ0v) is 12.3. The molecular weight excluding hydrogens is 240 g/mol. The average molecular weight is 264 g/mol. The first-order valence-corrected chi connectivity index (χ1v) is 6.60. The number of carbonyl (C=O) groups excluding carboxylic acids is 1. The van der Waals surface area contributed by atoms with Crippen LogP contribution < -0.4 is 10.6 Å². The van der Waals surface area contributed by atoms with Gasteiger partial charge in [-0.3, -0.25) is 4.79 Å². The predicted molar refractivity (Wildman–Crippen MR) is 78.4 cm³/mol. The van der Waals surface area contributed by atoms with Crippen molar-refractivity contribution in [3.63, 3.8) is 0 Å². The lowest BCUT2D eigenvalue weighted by atomic mass is 10.0. The van der Waals surface area contributed by atoms with E-state index >= 15 is 0 Å². The molecule has 0 fully saturated rings. The highest BCUT2D eigenvalue weighted by Gasteiger charge is 2.22. The summed E-state index contributed by atoms with van der Waals surface area (Å²) in [4.78, 5) is 11.9. The molecule has 0 radical (unpaired) electrons. The fourth-order valence-electron chi connectivity index (χ4n) is 1.52. The molecule has 1 amide bonds. The third kappa shape index (κ3) is 4.91. The second-order valence-electron chi connectivity index (χ2n) is 5.73. The van der Waals surface area contributed by atoms with E-state index in [-0.39, 0.29) is 18.0 Å². The molecule has 0 heterocycles. The molecule has 0 aromatic heterocycles. The van der Waals surface area contributed by atoms with E-state index in [1.807, 2.05) is 32.9 Å². The molecule has 1 rings (SSSR count). The van der Waals surface area contributed by atoms with E-state index in [0.717, 1.165) is 5.69 Å². The van der Waals surface area contributed by atoms with E-state index in [9.17, 15) is 9.90 Å². The van der Waals surface area contributed by atoms with Crippen molar-refractivity contribution in [2.24, 2.45) is 0 Å². The predicted octanol–water partition coefficient (Wildman–Crippen LogP) is 2.40. The molecular formula is C15H24N2O2. The molecule has 1 aromatic carbocycles. The maximum Gasteiger partial charge on any atom is 0.251 e. The summed E-state index contributed by atoms with van der Waals surface area (Å²) in [5.41, 5.74) is 0.614. The van der Waals surface area contributed by atoms with Gasteiger partial charge in [0.25, 0.3) is 5.91 Å². The van der Waals surface area contributed by atoms with E-state index in [2.05, 4.69) is 10.6 Å². The summed E-state index contributed by atoms with van der Waals surface area (Å²) in [6.45, 7) is 9.26. The number of hydrogen-bond acceptors (Lipinski definition) is 3. The third-order valence-electron chi connectivity index (χ3n) is 2.99. The van der Waals surface area contributed by atoms with Crippen molar-refractivity contribution in [2.75, 3.05) is 5.32 Å². The molecule has 1 aromatic rings. The summed E-state index contributed by atoms with van der Waals surface area (Å²) >= 11 is 0. The summed E-state index contributed by atoms with van der Waals surface area (Å²) in [6, 6.07) is 7.27. The Morgan fingerprint density at radius 2 is 1.89 bits per heavy atom. The number of aliphatic hydroxyl groups is 1. The van der Waals surface area contributed by atoms with Gasteiger partial charge in [-0.1, -0.05) is 6.07 Å². The molecule has 106 valence electrons. The van der Waals surface area contributed by atoms with Crippen molar-refractivity contribution in [3.8, 4) is 0 Å². The highest BCUT2D eigenvalue weighted by atomic mass is 16.3. The Bertz CT molecular complexity index is 436. The van der Waals surface area contributed by atoms with Gasteiger partial charge < -0.3 is 15.7 Å². The minimum atomic E-state index is -0.823. The molecule has 3 N–H and O–H groups in total. The van der Waals surface area contributed by atoms with Gasteiger partial charge in [0.1, 0.15) is 0 Å². The molecule has 0 aliphatic rings. The van der Waals surface area contributed by atoms with Gasteiger partial charge in [0, 0.05) is 17.3 Å². The van der Waals surface area contributed by atoms with Crippen LogP contribution in [0.25, 0.3) is 0 Å². The zero-order valence-electron chi connectivity index (χ0n) is 12.3. The highest BCUT2D eigenvalue weighted by molar-refractivity contribution is 5.95. The van der Waals surface area contributed by atoms with Crippen LogP contribution in [-0.4, -0.2) is 28.7 Å². The minimum absolute atomic E-state index is 0.0884. The van der Waals surface area contributed by atoms with Gasteiger partial charge in [-0.2, -0.15) is 0 Å². The normalized spacial score (nSPS) is 13.2. The fraction of sp³-hybridized carbons (Fsp3) is 0.533. The lowest BCUT2D eigenvalue weighted by Gasteiger charge is -2.27. The second kappa shape index (κ2) is 6.06. The molecule has 1 atom stereocenters. The van der Waals surface area contributed by atoms with E-state index in [1.165, 1.54) is 0 Å². The maximum absolute atomic E-state index is 11.9. The zero-order chi connectivity index (χ0) is 14.6. The lowest BCUT2D eigenvalue weighted by molar-refractivity contribution is 0.0649. The van der Waals surface area contributed by atoms with Crippen molar-refractivity contribution in [1.29, 1.82) is 0 Å². The van der Waals surface area contributed by atoms with E-state index in [1.54, 1.807) is 26.0 Å². The van der Waals surface area contributed by atoms with Gasteiger partial charge in [-0.05, 0) is 52.8 Å². The molecule has 0 spiro atoms. The van der Waals surface area contributed by atoms with Crippen LogP contribution in [0.1, 0.15) is 45.0 Å². The van der Waals surface area contributed by atoms with Crippen molar-refractivity contribution in [1.82, 2.24) is 5.32 Å². The monoisotopic (exact) mass is 264 g/mol. The third-order valence-corrected chi connectivity index (χ3v) is 2.99. The van der Waals surface area contributed by atoms with Gasteiger partial charge in [0.15, 0.2) is 0 Å². The van der Waals surface area contributed by atoms with Gasteiger partial charge in [0.2, 0.25) is 0 Å². The van der Waals surface area contributed by atoms with E-state index in [0.29, 0.717) is 5.56 Å². The molecule has 4 nitrogen and oxygen atoms in total. The first-order valence-electron chi connectivity index (χ1n) is 6.60. The Labute approximate surface area is 115 Å². The van der Waals surface area contributed by atoms with Crippen LogP contribution in [-0.2, 0) is 0 Å². The number of amides is 1. The standard InChI is InChI=1S/C15H24N2O2/c1-10(2)16-14(18)12-7-6-8-13(9-12)17-11(3)15(4,5)19/h6-11,17,19H,1-5H3,(H,16,18). The van der Waals surface area contributed by atoms with Gasteiger partial charge >= 0.3 is 0 Å². The van der Waals surface area contributed by atoms with E-state index in [4.69, 9.17) is 0 Å². The summed E-state index contributed by atoms with van der Waals surface area (Å²) in [7, 11) is 0. The van der Waals surface area contributed by atoms with Crippen LogP contribution in [0.5, 0.6) is 0 Å². The molecule has 19 heavy (non-hydrogen) atoms. The largest absolute Gasteiger partial charge is 0.388 e. The molecule has 0 saturated heterocycles. The average Bonchev–Trinajstić information content (AvgIpc) is 2.27. The maximum atomic E-state index is 11.9. The number of rotatable bonds is 5. The van der Waals surface area contributed by atoms with Crippen molar-refractivity contribution in [3.05, 3.63) is 29.8 Å². The Hall–Kier alpha value is -1.55. The Morgan fingerprint density at radius 3 is 2.42 bits per heavy atom. The van der Waals surface area contributed by atoms with Crippen LogP contribution in [0.3, 0.4) is 0 Å². The topological polar surface area (TPSA) is 61.4 Å². The number of anilines is 1. The Balaban J connectivity index is 2.80. The molecule has 0 aliphatic heterocycles. The van der Waals surface area contributed by atoms with Crippen LogP contribution >= 0.6 is 0 Å². The first kappa shape index (κ1) is 15.5. The minimum Gasteiger partial charge on any atom is -0.388 e. The molecule has 0 bridgehead atoms. The molecule has 1 unspecified atom stereocenters. The lowest BCUT2D eigenvalue weighted by Crippen LogP contribution is -2.39. The summed E-state index contributed by atoms with van der Waals surface area (Å²) in [5.74, 6) is -0.0884. The first-order chi connectivity index (χ1) is 8.70. The quantitative estimate of drug-likeness (QED) is 0.765. The molecule has 4 heteroatoms. The summed E-state index contributed by atoms with van der Waals surface area (Å²) in [6.07, 6.45) is 0. The van der Waals surface area contributed by atoms with Crippen LogP contribution in [0.4, 0.5) is 5.69 Å². The SMILES string of the molecule is CC(C)NC(=O)c1cccc(NC(C)C(C)(C)O)c1. The van der Waals surface area contributed by atoms with Crippen molar-refractivity contribution >= 4 is 11.6 Å². The van der Waals surface area contributed by atoms with Crippen molar-refractivity contribution in [2.45, 2.75) is 52.3 Å². The smallest absolute Gasteiger partial charge is 0.251 e. The number of hydrogen-bond donors (Lipinski definition) is 3. The second-order valence-corrected chi connectivity index (χ2v) is 5.73. The van der Waals surface area contributed by atoms with Gasteiger partial charge in [-0.25, -0.2) is 0 Å². The van der Waals surface area contributed by atoms with Crippen LogP contribution in [0.2, 0.25) is 0 Å². The fourth-order valence-corrected chi connectivity index (χ4v) is 1.52. The Morgan fingerprint density at radius 1 is 1.26 bits per heavy atom. The Kier molecular flexibility index (Phi) is 4.95.